The molecule has 1 unspecified atom stereocenters. The highest BCUT2D eigenvalue weighted by atomic mass is 28.4. The number of fused-ring (bicyclic) bond motifs is 1. The second-order valence-electron chi connectivity index (χ2n) is 5.04. The third-order valence-corrected chi connectivity index (χ3v) is 5.99. The van der Waals surface area contributed by atoms with Gasteiger partial charge in [0.15, 0.2) is 12.5 Å². The molecule has 1 aliphatic rings. The molecule has 6 nitrogen and oxygen atoms in total. The summed E-state index contributed by atoms with van der Waals surface area (Å²) in [5, 5.41) is 0. The monoisotopic (exact) mass is 342 g/mol. The van der Waals surface area contributed by atoms with E-state index in [0.29, 0.717) is 26.4 Å². The van der Waals surface area contributed by atoms with E-state index in [9.17, 15) is 0 Å². The topological polar surface area (TPSA) is 55.4 Å². The number of rotatable bonds is 9. The molecule has 1 aliphatic heterocycles. The van der Waals surface area contributed by atoms with Crippen molar-refractivity contribution >= 4 is 8.80 Å². The van der Waals surface area contributed by atoms with Gasteiger partial charge in [0.1, 0.15) is 11.5 Å². The zero-order valence-electron chi connectivity index (χ0n) is 14.3. The van der Waals surface area contributed by atoms with Crippen molar-refractivity contribution in [2.45, 2.75) is 40.6 Å². The molecule has 7 heteroatoms. The van der Waals surface area contributed by atoms with E-state index < -0.39 is 8.80 Å². The van der Waals surface area contributed by atoms with Crippen molar-refractivity contribution in [2.24, 2.45) is 0 Å². The van der Waals surface area contributed by atoms with E-state index in [1.165, 1.54) is 0 Å². The van der Waals surface area contributed by atoms with Crippen LogP contribution < -0.4 is 9.47 Å². The first-order valence-electron chi connectivity index (χ1n) is 8.08. The predicted molar refractivity (Wildman–Crippen MR) is 87.4 cm³/mol. The molecule has 0 N–H and O–H groups in total. The van der Waals surface area contributed by atoms with Crippen molar-refractivity contribution in [3.05, 3.63) is 23.8 Å². The van der Waals surface area contributed by atoms with Gasteiger partial charge in [-0.3, -0.25) is 0 Å². The molecule has 23 heavy (non-hydrogen) atoms. The lowest BCUT2D eigenvalue weighted by atomic mass is 10.2. The Hall–Kier alpha value is -1.12. The van der Waals surface area contributed by atoms with Gasteiger partial charge in [-0.1, -0.05) is 0 Å². The van der Waals surface area contributed by atoms with Crippen LogP contribution >= 0.6 is 0 Å². The summed E-state index contributed by atoms with van der Waals surface area (Å²) in [7, 11) is -2.81. The predicted octanol–water partition coefficient (Wildman–Crippen LogP) is 2.91. The number of hydrogen-bond acceptors (Lipinski definition) is 6. The highest BCUT2D eigenvalue weighted by Crippen LogP contribution is 2.30. The van der Waals surface area contributed by atoms with Crippen LogP contribution in [0.5, 0.6) is 11.5 Å². The quantitative estimate of drug-likeness (QED) is 0.643. The molecule has 0 aromatic heterocycles. The van der Waals surface area contributed by atoms with Crippen LogP contribution in [-0.2, 0) is 24.6 Å². The Labute approximate surface area is 139 Å². The van der Waals surface area contributed by atoms with Gasteiger partial charge in [-0.15, -0.1) is 0 Å². The first-order valence-corrected chi connectivity index (χ1v) is 10.0. The lowest BCUT2D eigenvalue weighted by molar-refractivity contribution is -0.0944. The van der Waals surface area contributed by atoms with Gasteiger partial charge in [0.2, 0.25) is 0 Å². The molecule has 1 heterocycles. The van der Waals surface area contributed by atoms with Crippen LogP contribution in [0.15, 0.2) is 18.2 Å². The largest absolute Gasteiger partial charge is 0.540 e. The standard InChI is InChI=1S/C16H26O6Si/c1-5-19-23(20-6-2,21-7-3)12-18-15-8-9-16-14(10-15)11-17-13(4)22-16/h8-10,13H,5-7,11-12H2,1-4H3. The molecular weight excluding hydrogens is 316 g/mol. The second kappa shape index (κ2) is 8.65. The number of ether oxygens (including phenoxy) is 3. The van der Waals surface area contributed by atoms with E-state index in [2.05, 4.69) is 0 Å². The van der Waals surface area contributed by atoms with Crippen molar-refractivity contribution < 1.29 is 27.5 Å². The summed E-state index contributed by atoms with van der Waals surface area (Å²) in [6.07, 6.45) is 0.0579. The maximum absolute atomic E-state index is 5.90. The maximum atomic E-state index is 5.90. The molecule has 1 aromatic carbocycles. The lowest BCUT2D eigenvalue weighted by Gasteiger charge is -2.28. The van der Waals surface area contributed by atoms with Gasteiger partial charge in [-0.25, -0.2) is 0 Å². The van der Waals surface area contributed by atoms with Crippen LogP contribution in [-0.4, -0.2) is 41.1 Å². The fraction of sp³-hybridized carbons (Fsp3) is 0.625. The van der Waals surface area contributed by atoms with Crippen molar-refractivity contribution in [2.75, 3.05) is 26.1 Å². The summed E-state index contributed by atoms with van der Waals surface area (Å²) >= 11 is 0. The molecular formula is C16H26O6Si. The Kier molecular flexibility index (Phi) is 6.85. The van der Waals surface area contributed by atoms with Gasteiger partial charge in [0.05, 0.1) is 6.61 Å². The van der Waals surface area contributed by atoms with Crippen LogP contribution in [0, 0.1) is 0 Å². The average Bonchev–Trinajstić information content (AvgIpc) is 2.53. The molecule has 0 aliphatic carbocycles. The second-order valence-corrected chi connectivity index (χ2v) is 7.56. The third kappa shape index (κ3) is 4.92. The van der Waals surface area contributed by atoms with Crippen molar-refractivity contribution in [1.29, 1.82) is 0 Å². The summed E-state index contributed by atoms with van der Waals surface area (Å²) in [5.41, 5.74) is 0.970. The SMILES string of the molecule is CCO[Si](COc1ccc2c(c1)COC(C)O2)(OCC)OCC. The molecule has 0 bridgehead atoms. The fourth-order valence-electron chi connectivity index (χ4n) is 2.37. The van der Waals surface area contributed by atoms with Gasteiger partial charge in [0, 0.05) is 25.4 Å². The fourth-order valence-corrected chi connectivity index (χ4v) is 4.54. The molecule has 0 fully saturated rings. The van der Waals surface area contributed by atoms with E-state index in [0.717, 1.165) is 17.1 Å². The van der Waals surface area contributed by atoms with E-state index in [1.807, 2.05) is 45.9 Å². The van der Waals surface area contributed by atoms with Gasteiger partial charge >= 0.3 is 8.80 Å². The first kappa shape index (κ1) is 18.2. The summed E-state index contributed by atoms with van der Waals surface area (Å²) in [4.78, 5) is 0. The summed E-state index contributed by atoms with van der Waals surface area (Å²) in [6.45, 7) is 9.74. The first-order chi connectivity index (χ1) is 11.1. The van der Waals surface area contributed by atoms with Gasteiger partial charge in [-0.2, -0.15) is 0 Å². The van der Waals surface area contributed by atoms with Crippen molar-refractivity contribution in [3.8, 4) is 11.5 Å². The van der Waals surface area contributed by atoms with Crippen LogP contribution in [0.1, 0.15) is 33.3 Å². The minimum absolute atomic E-state index is 0.219. The van der Waals surface area contributed by atoms with Crippen molar-refractivity contribution in [1.82, 2.24) is 0 Å². The van der Waals surface area contributed by atoms with E-state index in [1.54, 1.807) is 0 Å². The van der Waals surface area contributed by atoms with Crippen LogP contribution in [0.4, 0.5) is 0 Å². The van der Waals surface area contributed by atoms with E-state index in [-0.39, 0.29) is 12.5 Å². The lowest BCUT2D eigenvalue weighted by Crippen LogP contribution is -2.51. The Bertz CT molecular complexity index is 478. The van der Waals surface area contributed by atoms with Gasteiger partial charge in [-0.05, 0) is 45.9 Å². The average molecular weight is 342 g/mol. The summed E-state index contributed by atoms with van der Waals surface area (Å²) < 4.78 is 34.3. The molecule has 0 amide bonds. The maximum Gasteiger partial charge on any atom is 0.540 e. The van der Waals surface area contributed by atoms with Crippen molar-refractivity contribution in [3.63, 3.8) is 0 Å². The summed E-state index contributed by atoms with van der Waals surface area (Å²) in [6, 6.07) is 5.69. The van der Waals surface area contributed by atoms with E-state index >= 15 is 0 Å². The molecule has 130 valence electrons. The number of hydrogen-bond donors (Lipinski definition) is 0. The molecule has 1 aromatic rings. The zero-order chi connectivity index (χ0) is 16.7. The molecule has 2 rings (SSSR count). The Morgan fingerprint density at radius 2 is 1.74 bits per heavy atom. The molecule has 0 saturated heterocycles. The van der Waals surface area contributed by atoms with E-state index in [4.69, 9.17) is 27.5 Å². The Balaban J connectivity index is 2.05. The minimum Gasteiger partial charge on any atom is -0.489 e. The Morgan fingerprint density at radius 1 is 1.09 bits per heavy atom. The normalized spacial score (nSPS) is 17.5. The van der Waals surface area contributed by atoms with Crippen LogP contribution in [0.25, 0.3) is 0 Å². The van der Waals surface area contributed by atoms with Crippen LogP contribution in [0.3, 0.4) is 0 Å². The van der Waals surface area contributed by atoms with Gasteiger partial charge in [0.25, 0.3) is 0 Å². The smallest absolute Gasteiger partial charge is 0.489 e. The molecule has 1 atom stereocenters. The molecule has 0 spiro atoms. The third-order valence-electron chi connectivity index (χ3n) is 3.31. The minimum atomic E-state index is -2.81. The highest BCUT2D eigenvalue weighted by Gasteiger charge is 2.42. The highest BCUT2D eigenvalue weighted by molar-refractivity contribution is 6.60. The Morgan fingerprint density at radius 3 is 2.35 bits per heavy atom. The molecule has 0 saturated carbocycles. The number of benzene rings is 1. The van der Waals surface area contributed by atoms with Gasteiger partial charge < -0.3 is 27.5 Å². The van der Waals surface area contributed by atoms with Crippen LogP contribution in [0.2, 0.25) is 0 Å². The summed E-state index contributed by atoms with van der Waals surface area (Å²) in [5.74, 6) is 1.56. The zero-order valence-corrected chi connectivity index (χ0v) is 15.3. The molecule has 0 radical (unpaired) electrons.